The fraction of sp³-hybridized carbons (Fsp3) is 0.200. The summed E-state index contributed by atoms with van der Waals surface area (Å²) in [5, 5.41) is 14.7. The van der Waals surface area contributed by atoms with Gasteiger partial charge in [0.2, 0.25) is 0 Å². The van der Waals surface area contributed by atoms with Gasteiger partial charge in [0.15, 0.2) is 6.61 Å². The molecule has 0 saturated carbocycles. The first-order valence-electron chi connectivity index (χ1n) is 8.49. The molecule has 1 heterocycles. The Hall–Kier alpha value is -3.26. The van der Waals surface area contributed by atoms with Gasteiger partial charge in [-0.25, -0.2) is 4.79 Å². The zero-order valence-corrected chi connectivity index (χ0v) is 16.4. The number of benzene rings is 2. The summed E-state index contributed by atoms with van der Waals surface area (Å²) in [6.07, 6.45) is 0. The average Bonchev–Trinajstić information content (AvgIpc) is 3.00. The van der Waals surface area contributed by atoms with Gasteiger partial charge in [-0.05, 0) is 48.9 Å². The van der Waals surface area contributed by atoms with Crippen LogP contribution in [0, 0.1) is 30.9 Å². The normalized spacial score (nSPS) is 10.7. The van der Waals surface area contributed by atoms with E-state index in [4.69, 9.17) is 4.74 Å². The van der Waals surface area contributed by atoms with Crippen LogP contribution < -0.4 is 5.32 Å². The predicted octanol–water partition coefficient (Wildman–Crippen LogP) is 4.53. The average molecular weight is 398 g/mol. The monoisotopic (exact) mass is 398 g/mol. The van der Waals surface area contributed by atoms with Crippen molar-refractivity contribution in [2.45, 2.75) is 20.8 Å². The number of hydrogen-bond donors (Lipinski definition) is 1. The number of nitro groups is 1. The SMILES string of the molecule is Cc1ccc([N+](=O)[O-])c(NC(=O)COC(=O)c2sc3ccccc3c2C)c1C. The Kier molecular flexibility index (Phi) is 5.41. The molecule has 8 heteroatoms. The molecule has 0 saturated heterocycles. The molecule has 28 heavy (non-hydrogen) atoms. The predicted molar refractivity (Wildman–Crippen MR) is 108 cm³/mol. The van der Waals surface area contributed by atoms with Gasteiger partial charge in [-0.2, -0.15) is 0 Å². The summed E-state index contributed by atoms with van der Waals surface area (Å²) in [5.41, 5.74) is 2.11. The lowest BCUT2D eigenvalue weighted by Crippen LogP contribution is -2.22. The zero-order valence-electron chi connectivity index (χ0n) is 15.6. The second kappa shape index (κ2) is 7.77. The number of anilines is 1. The summed E-state index contributed by atoms with van der Waals surface area (Å²) in [5.74, 6) is -1.23. The van der Waals surface area contributed by atoms with Gasteiger partial charge in [0, 0.05) is 10.8 Å². The number of nitrogens with zero attached hydrogens (tertiary/aromatic N) is 1. The molecule has 2 aromatic carbocycles. The Morgan fingerprint density at radius 3 is 2.50 bits per heavy atom. The minimum atomic E-state index is -0.635. The molecule has 0 aliphatic rings. The number of amides is 1. The van der Waals surface area contributed by atoms with Gasteiger partial charge in [0.25, 0.3) is 11.6 Å². The highest BCUT2D eigenvalue weighted by atomic mass is 32.1. The van der Waals surface area contributed by atoms with Gasteiger partial charge >= 0.3 is 5.97 Å². The van der Waals surface area contributed by atoms with Crippen molar-refractivity contribution in [3.63, 3.8) is 0 Å². The fourth-order valence-electron chi connectivity index (χ4n) is 2.85. The second-order valence-corrected chi connectivity index (χ2v) is 7.39. The first kappa shape index (κ1) is 19.5. The van der Waals surface area contributed by atoms with Crippen molar-refractivity contribution >= 4 is 44.7 Å². The van der Waals surface area contributed by atoms with Crippen molar-refractivity contribution in [1.29, 1.82) is 0 Å². The largest absolute Gasteiger partial charge is 0.451 e. The van der Waals surface area contributed by atoms with Crippen LogP contribution in [0.1, 0.15) is 26.4 Å². The summed E-state index contributed by atoms with van der Waals surface area (Å²) in [6.45, 7) is 4.77. The van der Waals surface area contributed by atoms with E-state index in [2.05, 4.69) is 5.32 Å². The van der Waals surface area contributed by atoms with E-state index in [0.29, 0.717) is 10.4 Å². The van der Waals surface area contributed by atoms with Crippen molar-refractivity contribution in [1.82, 2.24) is 0 Å². The number of carbonyl (C=O) groups is 2. The van der Waals surface area contributed by atoms with E-state index in [-0.39, 0.29) is 11.4 Å². The lowest BCUT2D eigenvalue weighted by molar-refractivity contribution is -0.384. The van der Waals surface area contributed by atoms with Gasteiger partial charge in [-0.15, -0.1) is 11.3 Å². The van der Waals surface area contributed by atoms with Gasteiger partial charge in [0.1, 0.15) is 10.6 Å². The lowest BCUT2D eigenvalue weighted by atomic mass is 10.1. The minimum Gasteiger partial charge on any atom is -0.451 e. The molecule has 0 aliphatic heterocycles. The maximum absolute atomic E-state index is 12.4. The van der Waals surface area contributed by atoms with E-state index in [0.717, 1.165) is 21.2 Å². The van der Waals surface area contributed by atoms with E-state index in [9.17, 15) is 19.7 Å². The molecule has 1 N–H and O–H groups in total. The Labute approximate surface area is 165 Å². The van der Waals surface area contributed by atoms with Crippen LogP contribution in [-0.2, 0) is 9.53 Å². The molecule has 0 aliphatic carbocycles. The number of esters is 1. The Morgan fingerprint density at radius 1 is 1.11 bits per heavy atom. The van der Waals surface area contributed by atoms with Crippen molar-refractivity contribution in [2.24, 2.45) is 0 Å². The number of nitro benzene ring substituents is 1. The van der Waals surface area contributed by atoms with Crippen LogP contribution in [0.15, 0.2) is 36.4 Å². The Bertz CT molecular complexity index is 1100. The molecule has 0 unspecified atom stereocenters. The second-order valence-electron chi connectivity index (χ2n) is 6.34. The topological polar surface area (TPSA) is 98.5 Å². The zero-order chi connectivity index (χ0) is 20.4. The smallest absolute Gasteiger partial charge is 0.349 e. The molecule has 3 rings (SSSR count). The third kappa shape index (κ3) is 3.72. The maximum atomic E-state index is 12.4. The number of ether oxygens (including phenoxy) is 1. The summed E-state index contributed by atoms with van der Waals surface area (Å²) in [6, 6.07) is 10.6. The van der Waals surface area contributed by atoms with Crippen LogP contribution in [0.3, 0.4) is 0 Å². The van der Waals surface area contributed by atoms with E-state index < -0.39 is 23.4 Å². The molecule has 144 valence electrons. The standard InChI is InChI=1S/C20H18N2O5S/c1-11-8-9-15(22(25)26)18(12(11)2)21-17(23)10-27-20(24)19-13(3)14-6-4-5-7-16(14)28-19/h4-9H,10H2,1-3H3,(H,21,23). The third-order valence-corrected chi connectivity index (χ3v) is 5.79. The van der Waals surface area contributed by atoms with Crippen molar-refractivity contribution in [2.75, 3.05) is 11.9 Å². The maximum Gasteiger partial charge on any atom is 0.349 e. The quantitative estimate of drug-likeness (QED) is 0.387. The number of rotatable bonds is 5. The Morgan fingerprint density at radius 2 is 1.82 bits per heavy atom. The van der Waals surface area contributed by atoms with Crippen LogP contribution in [0.25, 0.3) is 10.1 Å². The number of nitrogens with one attached hydrogen (secondary N) is 1. The molecule has 1 amide bonds. The minimum absolute atomic E-state index is 0.115. The third-order valence-electron chi connectivity index (χ3n) is 4.54. The van der Waals surface area contributed by atoms with E-state index in [1.54, 1.807) is 19.9 Å². The van der Waals surface area contributed by atoms with Crippen LogP contribution >= 0.6 is 11.3 Å². The van der Waals surface area contributed by atoms with Crippen molar-refractivity contribution in [3.05, 3.63) is 68.1 Å². The fourth-order valence-corrected chi connectivity index (χ4v) is 3.96. The first-order valence-corrected chi connectivity index (χ1v) is 9.31. The Balaban J connectivity index is 1.72. The molecule has 0 atom stereocenters. The van der Waals surface area contributed by atoms with Gasteiger partial charge < -0.3 is 10.1 Å². The van der Waals surface area contributed by atoms with Crippen molar-refractivity contribution < 1.29 is 19.2 Å². The van der Waals surface area contributed by atoms with Crippen LogP contribution in [0.2, 0.25) is 0 Å². The van der Waals surface area contributed by atoms with E-state index in [1.165, 1.54) is 17.4 Å². The number of hydrogen-bond acceptors (Lipinski definition) is 6. The number of aryl methyl sites for hydroxylation is 2. The molecule has 0 spiro atoms. The molecule has 7 nitrogen and oxygen atoms in total. The highest BCUT2D eigenvalue weighted by Gasteiger charge is 2.21. The number of carbonyl (C=O) groups excluding carboxylic acids is 2. The summed E-state index contributed by atoms with van der Waals surface area (Å²) in [4.78, 5) is 35.7. The molecule has 0 bridgehead atoms. The van der Waals surface area contributed by atoms with Crippen molar-refractivity contribution in [3.8, 4) is 0 Å². The van der Waals surface area contributed by atoms with Crippen LogP contribution in [-0.4, -0.2) is 23.4 Å². The summed E-state index contributed by atoms with van der Waals surface area (Å²) in [7, 11) is 0. The first-order chi connectivity index (χ1) is 13.3. The highest BCUT2D eigenvalue weighted by Crippen LogP contribution is 2.32. The van der Waals surface area contributed by atoms with Crippen LogP contribution in [0.5, 0.6) is 0 Å². The molecule has 1 aromatic heterocycles. The number of fused-ring (bicyclic) bond motifs is 1. The summed E-state index contributed by atoms with van der Waals surface area (Å²) >= 11 is 1.30. The molecular weight excluding hydrogens is 380 g/mol. The number of thiophene rings is 1. The van der Waals surface area contributed by atoms with Crippen LogP contribution in [0.4, 0.5) is 11.4 Å². The molecule has 0 fully saturated rings. The van der Waals surface area contributed by atoms with E-state index in [1.807, 2.05) is 31.2 Å². The van der Waals surface area contributed by atoms with Gasteiger partial charge in [-0.1, -0.05) is 24.3 Å². The van der Waals surface area contributed by atoms with Gasteiger partial charge in [-0.3, -0.25) is 14.9 Å². The van der Waals surface area contributed by atoms with E-state index >= 15 is 0 Å². The summed E-state index contributed by atoms with van der Waals surface area (Å²) < 4.78 is 6.09. The van der Waals surface area contributed by atoms with Gasteiger partial charge in [0.05, 0.1) is 4.92 Å². The lowest BCUT2D eigenvalue weighted by Gasteiger charge is -2.11. The molecule has 3 aromatic rings. The molecule has 0 radical (unpaired) electrons. The highest BCUT2D eigenvalue weighted by molar-refractivity contribution is 7.21. The molecular formula is C20H18N2O5S.